The smallest absolute Gasteiger partial charge is 0.323 e. The molecule has 1 heterocycles. The molecule has 0 aromatic heterocycles. The summed E-state index contributed by atoms with van der Waals surface area (Å²) in [5.74, 6) is -0.235. The third-order valence-electron chi connectivity index (χ3n) is 5.58. The zero-order chi connectivity index (χ0) is 22.1. The predicted molar refractivity (Wildman–Crippen MR) is 131 cm³/mol. The predicted octanol–water partition coefficient (Wildman–Crippen LogP) is 6.18. The number of fused-ring (bicyclic) bond motifs is 2. The molecule has 0 bridgehead atoms. The van der Waals surface area contributed by atoms with Crippen LogP contribution in [-0.2, 0) is 4.79 Å². The Morgan fingerprint density at radius 1 is 0.906 bits per heavy atom. The minimum Gasteiger partial charge on any atom is -0.324 e. The third kappa shape index (κ3) is 3.97. The molecule has 0 saturated carbocycles. The van der Waals surface area contributed by atoms with Gasteiger partial charge in [0.25, 0.3) is 0 Å². The van der Waals surface area contributed by atoms with Crippen molar-refractivity contribution in [2.45, 2.75) is 6.04 Å². The molecule has 1 atom stereocenters. The van der Waals surface area contributed by atoms with Crippen LogP contribution in [0.25, 0.3) is 10.8 Å². The van der Waals surface area contributed by atoms with E-state index in [0.29, 0.717) is 11.4 Å². The lowest BCUT2D eigenvalue weighted by atomic mass is 9.96. The van der Waals surface area contributed by atoms with Crippen molar-refractivity contribution in [3.63, 3.8) is 0 Å². The van der Waals surface area contributed by atoms with Gasteiger partial charge in [-0.05, 0) is 46.7 Å². The first kappa shape index (κ1) is 20.3. The maximum absolute atomic E-state index is 13.5. The fourth-order valence-corrected chi connectivity index (χ4v) is 4.50. The summed E-state index contributed by atoms with van der Waals surface area (Å²) >= 11 is 3.53. The number of hydrogen-bond donors (Lipinski definition) is 2. The second-order valence-electron chi connectivity index (χ2n) is 7.71. The lowest BCUT2D eigenvalue weighted by Crippen LogP contribution is -2.41. The summed E-state index contributed by atoms with van der Waals surface area (Å²) in [5, 5.41) is 8.07. The number of carbonyl (C=O) groups is 2. The number of halogens is 1. The molecule has 0 saturated heterocycles. The topological polar surface area (TPSA) is 61.4 Å². The molecule has 1 aliphatic rings. The summed E-state index contributed by atoms with van der Waals surface area (Å²) in [6, 6.07) is 28.5. The molecule has 0 aliphatic carbocycles. The Morgan fingerprint density at radius 3 is 2.47 bits per heavy atom. The average molecular weight is 486 g/mol. The van der Waals surface area contributed by atoms with Gasteiger partial charge in [0.15, 0.2) is 0 Å². The minimum absolute atomic E-state index is 0.0642. The van der Waals surface area contributed by atoms with Crippen molar-refractivity contribution in [3.05, 3.63) is 107 Å². The van der Waals surface area contributed by atoms with Crippen molar-refractivity contribution in [3.8, 4) is 0 Å². The van der Waals surface area contributed by atoms with Gasteiger partial charge < -0.3 is 15.5 Å². The number of hydrogen-bond acceptors (Lipinski definition) is 2. The van der Waals surface area contributed by atoms with Gasteiger partial charge >= 0.3 is 6.03 Å². The van der Waals surface area contributed by atoms with Crippen LogP contribution in [0.4, 0.5) is 16.2 Å². The number of benzene rings is 4. The maximum Gasteiger partial charge on any atom is 0.323 e. The monoisotopic (exact) mass is 485 g/mol. The Bertz CT molecular complexity index is 1320. The SMILES string of the molecule is O=C1CN(C(=O)Nc2ccc3ccccc3c2)[C@H](c2ccccc2)c2cc(Br)ccc2N1. The zero-order valence-electron chi connectivity index (χ0n) is 17.1. The largest absolute Gasteiger partial charge is 0.324 e. The zero-order valence-corrected chi connectivity index (χ0v) is 18.7. The molecule has 32 heavy (non-hydrogen) atoms. The second-order valence-corrected chi connectivity index (χ2v) is 8.63. The molecule has 3 amide bonds. The van der Waals surface area contributed by atoms with Crippen LogP contribution in [0.1, 0.15) is 17.2 Å². The number of nitrogens with one attached hydrogen (secondary N) is 2. The van der Waals surface area contributed by atoms with Gasteiger partial charge in [0.05, 0.1) is 6.04 Å². The Hall–Kier alpha value is -3.64. The van der Waals surface area contributed by atoms with Crippen LogP contribution >= 0.6 is 15.9 Å². The minimum atomic E-state index is -0.428. The summed E-state index contributed by atoms with van der Waals surface area (Å²) in [6.07, 6.45) is 0. The highest BCUT2D eigenvalue weighted by Gasteiger charge is 2.33. The number of carbonyl (C=O) groups excluding carboxylic acids is 2. The average Bonchev–Trinajstić information content (AvgIpc) is 2.95. The molecule has 0 fully saturated rings. The molecule has 6 heteroatoms. The fourth-order valence-electron chi connectivity index (χ4n) is 4.12. The number of urea groups is 1. The van der Waals surface area contributed by atoms with E-state index in [4.69, 9.17) is 0 Å². The van der Waals surface area contributed by atoms with Crippen molar-refractivity contribution in [1.29, 1.82) is 0 Å². The van der Waals surface area contributed by atoms with E-state index in [1.165, 1.54) is 0 Å². The standard InChI is InChI=1S/C26H20BrN3O2/c27-20-11-13-23-22(15-20)25(18-7-2-1-3-8-18)30(16-24(31)29-23)26(32)28-21-12-10-17-6-4-5-9-19(17)14-21/h1-15,25H,16H2,(H,28,32)(H,29,31)/t25-/m1/s1. The highest BCUT2D eigenvalue weighted by Crippen LogP contribution is 2.37. The van der Waals surface area contributed by atoms with Crippen LogP contribution in [0.5, 0.6) is 0 Å². The molecule has 2 N–H and O–H groups in total. The molecule has 0 unspecified atom stereocenters. The highest BCUT2D eigenvalue weighted by atomic mass is 79.9. The number of rotatable bonds is 2. The van der Waals surface area contributed by atoms with Crippen molar-refractivity contribution >= 4 is 50.0 Å². The van der Waals surface area contributed by atoms with E-state index >= 15 is 0 Å². The molecular formula is C26H20BrN3O2. The summed E-state index contributed by atoms with van der Waals surface area (Å²) < 4.78 is 0.878. The molecular weight excluding hydrogens is 466 g/mol. The second kappa shape index (κ2) is 8.48. The summed E-state index contributed by atoms with van der Waals surface area (Å²) in [5.41, 5.74) is 3.16. The summed E-state index contributed by atoms with van der Waals surface area (Å²) in [4.78, 5) is 27.8. The van der Waals surface area contributed by atoms with E-state index in [9.17, 15) is 9.59 Å². The lowest BCUT2D eigenvalue weighted by molar-refractivity contribution is -0.116. The molecule has 5 rings (SSSR count). The van der Waals surface area contributed by atoms with Crippen molar-refractivity contribution in [1.82, 2.24) is 4.90 Å². The van der Waals surface area contributed by atoms with E-state index in [-0.39, 0.29) is 18.5 Å². The Morgan fingerprint density at radius 2 is 1.66 bits per heavy atom. The van der Waals surface area contributed by atoms with Gasteiger partial charge in [-0.25, -0.2) is 4.79 Å². The van der Waals surface area contributed by atoms with E-state index in [2.05, 4.69) is 26.6 Å². The van der Waals surface area contributed by atoms with E-state index in [1.54, 1.807) is 4.90 Å². The molecule has 4 aromatic carbocycles. The van der Waals surface area contributed by atoms with E-state index < -0.39 is 6.04 Å². The van der Waals surface area contributed by atoms with Crippen LogP contribution in [0.15, 0.2) is 95.5 Å². The van der Waals surface area contributed by atoms with Crippen LogP contribution in [0.3, 0.4) is 0 Å². The normalized spacial score (nSPS) is 15.6. The quantitative estimate of drug-likeness (QED) is 0.356. The van der Waals surface area contributed by atoms with Gasteiger partial charge in [0.2, 0.25) is 5.91 Å². The molecule has 0 radical (unpaired) electrons. The van der Waals surface area contributed by atoms with Gasteiger partial charge in [-0.1, -0.05) is 76.6 Å². The third-order valence-corrected chi connectivity index (χ3v) is 6.08. The molecule has 1 aliphatic heterocycles. The van der Waals surface area contributed by atoms with E-state index in [1.807, 2.05) is 91.0 Å². The number of anilines is 2. The Kier molecular flexibility index (Phi) is 5.37. The van der Waals surface area contributed by atoms with Crippen LogP contribution in [0.2, 0.25) is 0 Å². The maximum atomic E-state index is 13.5. The van der Waals surface area contributed by atoms with Gasteiger partial charge in [-0.15, -0.1) is 0 Å². The first-order valence-corrected chi connectivity index (χ1v) is 11.1. The fraction of sp³-hybridized carbons (Fsp3) is 0.0769. The first-order valence-electron chi connectivity index (χ1n) is 10.3. The van der Waals surface area contributed by atoms with Gasteiger partial charge in [0.1, 0.15) is 6.54 Å². The number of amides is 3. The van der Waals surface area contributed by atoms with Gasteiger partial charge in [0, 0.05) is 21.4 Å². The molecule has 158 valence electrons. The van der Waals surface area contributed by atoms with Crippen molar-refractivity contribution in [2.75, 3.05) is 17.2 Å². The van der Waals surface area contributed by atoms with E-state index in [0.717, 1.165) is 26.4 Å². The van der Waals surface area contributed by atoms with Gasteiger partial charge in [-0.3, -0.25) is 4.79 Å². The van der Waals surface area contributed by atoms with Crippen LogP contribution in [0, 0.1) is 0 Å². The lowest BCUT2D eigenvalue weighted by Gasteiger charge is -2.30. The van der Waals surface area contributed by atoms with Crippen molar-refractivity contribution < 1.29 is 9.59 Å². The molecule has 0 spiro atoms. The van der Waals surface area contributed by atoms with Crippen molar-refractivity contribution in [2.24, 2.45) is 0 Å². The van der Waals surface area contributed by atoms with Crippen LogP contribution < -0.4 is 10.6 Å². The Labute approximate surface area is 194 Å². The molecule has 5 nitrogen and oxygen atoms in total. The summed E-state index contributed by atoms with van der Waals surface area (Å²) in [7, 11) is 0. The highest BCUT2D eigenvalue weighted by molar-refractivity contribution is 9.10. The Balaban J connectivity index is 1.56. The summed E-state index contributed by atoms with van der Waals surface area (Å²) in [6.45, 7) is -0.0642. The molecule has 4 aromatic rings. The van der Waals surface area contributed by atoms with Gasteiger partial charge in [-0.2, -0.15) is 0 Å². The van der Waals surface area contributed by atoms with Crippen LogP contribution in [-0.4, -0.2) is 23.4 Å². The first-order chi connectivity index (χ1) is 15.6. The number of nitrogens with zero attached hydrogens (tertiary/aromatic N) is 1.